The summed E-state index contributed by atoms with van der Waals surface area (Å²) in [5.74, 6) is 0.0735. The molecule has 0 unspecified atom stereocenters. The molecule has 1 saturated heterocycles. The fourth-order valence-electron chi connectivity index (χ4n) is 5.66. The van der Waals surface area contributed by atoms with Crippen molar-refractivity contribution in [1.82, 2.24) is 20.1 Å². The zero-order valence-corrected chi connectivity index (χ0v) is 20.1. The summed E-state index contributed by atoms with van der Waals surface area (Å²) in [6.07, 6.45) is 8.32. The van der Waals surface area contributed by atoms with Crippen LogP contribution >= 0.6 is 0 Å². The summed E-state index contributed by atoms with van der Waals surface area (Å²) in [4.78, 5) is 46.1. The first-order valence-corrected chi connectivity index (χ1v) is 12.2. The highest BCUT2D eigenvalue weighted by Crippen LogP contribution is 2.45. The van der Waals surface area contributed by atoms with Crippen LogP contribution in [0.15, 0.2) is 29.8 Å². The first kappa shape index (κ1) is 22.5. The van der Waals surface area contributed by atoms with Crippen molar-refractivity contribution < 1.29 is 19.1 Å². The van der Waals surface area contributed by atoms with Crippen molar-refractivity contribution >= 4 is 28.7 Å². The van der Waals surface area contributed by atoms with E-state index in [1.807, 2.05) is 18.2 Å². The molecule has 0 radical (unpaired) electrons. The highest BCUT2D eigenvalue weighted by molar-refractivity contribution is 6.11. The summed E-state index contributed by atoms with van der Waals surface area (Å²) < 4.78 is 5.38. The van der Waals surface area contributed by atoms with E-state index >= 15 is 0 Å². The number of urea groups is 1. The molecule has 8 nitrogen and oxygen atoms in total. The second kappa shape index (κ2) is 8.49. The monoisotopic (exact) mass is 464 g/mol. The third-order valence-electron chi connectivity index (χ3n) is 7.69. The van der Waals surface area contributed by atoms with Crippen molar-refractivity contribution in [2.24, 2.45) is 0 Å². The molecular weight excluding hydrogens is 432 g/mol. The van der Waals surface area contributed by atoms with Gasteiger partial charge in [-0.2, -0.15) is 0 Å². The van der Waals surface area contributed by atoms with Gasteiger partial charge in [0.1, 0.15) is 11.8 Å². The highest BCUT2D eigenvalue weighted by atomic mass is 16.5. The lowest BCUT2D eigenvalue weighted by molar-refractivity contribution is -0.139. The number of ether oxygens (including phenoxy) is 1. The van der Waals surface area contributed by atoms with Gasteiger partial charge in [-0.25, -0.2) is 9.69 Å². The van der Waals surface area contributed by atoms with Crippen molar-refractivity contribution in [3.05, 3.63) is 41.1 Å². The number of aromatic amines is 1. The van der Waals surface area contributed by atoms with E-state index in [0.29, 0.717) is 19.5 Å². The van der Waals surface area contributed by atoms with E-state index in [0.717, 1.165) is 52.1 Å². The molecule has 2 aliphatic heterocycles. The minimum atomic E-state index is -1.17. The van der Waals surface area contributed by atoms with Crippen molar-refractivity contribution in [2.75, 3.05) is 20.2 Å². The first-order valence-electron chi connectivity index (χ1n) is 12.2. The van der Waals surface area contributed by atoms with Crippen LogP contribution in [0.1, 0.15) is 57.2 Å². The van der Waals surface area contributed by atoms with E-state index in [9.17, 15) is 14.4 Å². The van der Waals surface area contributed by atoms with Gasteiger partial charge in [-0.05, 0) is 76.1 Å². The smallest absolute Gasteiger partial charge is 0.328 e. The molecule has 3 heterocycles. The predicted octanol–water partition coefficient (Wildman–Crippen LogP) is 3.61. The molecule has 1 aromatic carbocycles. The summed E-state index contributed by atoms with van der Waals surface area (Å²) in [6.45, 7) is 4.33. The third-order valence-corrected chi connectivity index (χ3v) is 7.69. The van der Waals surface area contributed by atoms with Gasteiger partial charge in [-0.3, -0.25) is 9.59 Å². The van der Waals surface area contributed by atoms with Gasteiger partial charge in [0.2, 0.25) is 5.91 Å². The number of carbonyl (C=O) groups is 3. The Labute approximate surface area is 199 Å². The SMILES string of the molecule is COc1ccc2[nH]c3c(c2c1)CCN1C(=O)N([C@@H](C)C(=O)NCCC2=CCCCC2)C(=O)[C@]31C. The Morgan fingerprint density at radius 1 is 1.26 bits per heavy atom. The molecule has 8 heteroatoms. The molecule has 180 valence electrons. The van der Waals surface area contributed by atoms with Gasteiger partial charge in [0.15, 0.2) is 5.54 Å². The zero-order chi connectivity index (χ0) is 24.0. The Kier molecular flexibility index (Phi) is 5.62. The van der Waals surface area contributed by atoms with Crippen LogP contribution < -0.4 is 10.1 Å². The number of carbonyl (C=O) groups excluding carboxylic acids is 3. The molecule has 0 spiro atoms. The largest absolute Gasteiger partial charge is 0.497 e. The second-order valence-corrected chi connectivity index (χ2v) is 9.65. The van der Waals surface area contributed by atoms with Crippen LogP contribution in [0.5, 0.6) is 5.75 Å². The molecule has 34 heavy (non-hydrogen) atoms. The number of H-pyrrole nitrogens is 1. The Morgan fingerprint density at radius 2 is 2.09 bits per heavy atom. The number of amides is 4. The van der Waals surface area contributed by atoms with E-state index in [2.05, 4.69) is 16.4 Å². The van der Waals surface area contributed by atoms with Crippen LogP contribution in [-0.4, -0.2) is 58.9 Å². The zero-order valence-electron chi connectivity index (χ0n) is 20.1. The number of imide groups is 1. The fraction of sp³-hybridized carbons (Fsp3) is 0.500. The number of fused-ring (bicyclic) bond motifs is 5. The Morgan fingerprint density at radius 3 is 2.82 bits per heavy atom. The normalized spacial score (nSPS) is 23.0. The standard InChI is InChI=1S/C26H32N4O4/c1-16(23(31)27-13-11-17-7-5-4-6-8-17)30-24(32)26(2)22-19(12-14-29(26)25(30)33)20-15-18(34-3)9-10-21(20)28-22/h7,9-10,15-16,28H,4-6,8,11-14H2,1-3H3,(H,27,31)/t16-,26-/m0/s1. The maximum atomic E-state index is 13.7. The fourth-order valence-corrected chi connectivity index (χ4v) is 5.66. The number of hydrogen-bond acceptors (Lipinski definition) is 4. The summed E-state index contributed by atoms with van der Waals surface area (Å²) >= 11 is 0. The highest BCUT2D eigenvalue weighted by Gasteiger charge is 2.60. The van der Waals surface area contributed by atoms with Gasteiger partial charge in [0.25, 0.3) is 5.91 Å². The lowest BCUT2D eigenvalue weighted by atomic mass is 9.87. The number of aromatic nitrogens is 1. The number of benzene rings is 1. The maximum Gasteiger partial charge on any atom is 0.328 e. The number of allylic oxidation sites excluding steroid dienone is 1. The van der Waals surface area contributed by atoms with E-state index in [1.54, 1.807) is 25.9 Å². The van der Waals surface area contributed by atoms with Crippen LogP contribution in [0.3, 0.4) is 0 Å². The quantitative estimate of drug-likeness (QED) is 0.504. The number of hydrogen-bond donors (Lipinski definition) is 2. The van der Waals surface area contributed by atoms with Crippen molar-refractivity contribution in [3.63, 3.8) is 0 Å². The molecule has 5 rings (SSSR count). The predicted molar refractivity (Wildman–Crippen MR) is 128 cm³/mol. The molecule has 0 saturated carbocycles. The van der Waals surface area contributed by atoms with Crippen LogP contribution in [-0.2, 0) is 21.5 Å². The molecule has 2 atom stereocenters. The van der Waals surface area contributed by atoms with Crippen molar-refractivity contribution in [3.8, 4) is 5.75 Å². The van der Waals surface area contributed by atoms with E-state index < -0.39 is 17.6 Å². The first-order chi connectivity index (χ1) is 16.4. The topological polar surface area (TPSA) is 94.7 Å². The van der Waals surface area contributed by atoms with Crippen LogP contribution in [0.25, 0.3) is 10.9 Å². The molecule has 3 aliphatic rings. The molecular formula is C26H32N4O4. The van der Waals surface area contributed by atoms with Crippen LogP contribution in [0.4, 0.5) is 4.79 Å². The Bertz CT molecular complexity index is 1200. The molecule has 0 bridgehead atoms. The maximum absolute atomic E-state index is 13.7. The van der Waals surface area contributed by atoms with Gasteiger partial charge >= 0.3 is 6.03 Å². The summed E-state index contributed by atoms with van der Waals surface area (Å²) in [5.41, 5.74) is 2.85. The van der Waals surface area contributed by atoms with Gasteiger partial charge < -0.3 is 19.9 Å². The van der Waals surface area contributed by atoms with E-state index in [4.69, 9.17) is 4.74 Å². The minimum absolute atomic E-state index is 0.303. The summed E-state index contributed by atoms with van der Waals surface area (Å²) in [5, 5.41) is 3.93. The summed E-state index contributed by atoms with van der Waals surface area (Å²) in [7, 11) is 1.62. The number of nitrogens with zero attached hydrogens (tertiary/aromatic N) is 2. The molecule has 1 fully saturated rings. The van der Waals surface area contributed by atoms with Crippen LogP contribution in [0.2, 0.25) is 0 Å². The van der Waals surface area contributed by atoms with Crippen molar-refractivity contribution in [2.45, 2.75) is 64.0 Å². The van der Waals surface area contributed by atoms with E-state index in [-0.39, 0.29) is 11.8 Å². The van der Waals surface area contributed by atoms with Gasteiger partial charge in [-0.15, -0.1) is 0 Å². The lowest BCUT2D eigenvalue weighted by Crippen LogP contribution is -2.50. The third kappa shape index (κ3) is 3.38. The van der Waals surface area contributed by atoms with Crippen molar-refractivity contribution in [1.29, 1.82) is 0 Å². The van der Waals surface area contributed by atoms with Gasteiger partial charge in [0, 0.05) is 24.0 Å². The van der Waals surface area contributed by atoms with Crippen LogP contribution in [0, 0.1) is 0 Å². The number of methoxy groups -OCH3 is 1. The van der Waals surface area contributed by atoms with Gasteiger partial charge in [-0.1, -0.05) is 11.6 Å². The average Bonchev–Trinajstić information content (AvgIpc) is 3.32. The minimum Gasteiger partial charge on any atom is -0.497 e. The molecule has 1 aliphatic carbocycles. The molecule has 4 amide bonds. The van der Waals surface area contributed by atoms with E-state index in [1.165, 1.54) is 18.4 Å². The number of nitrogens with one attached hydrogen (secondary N) is 2. The molecule has 2 N–H and O–H groups in total. The van der Waals surface area contributed by atoms with Gasteiger partial charge in [0.05, 0.1) is 12.8 Å². The Balaban J connectivity index is 1.37. The lowest BCUT2D eigenvalue weighted by Gasteiger charge is -2.36. The average molecular weight is 465 g/mol. The number of rotatable bonds is 6. The molecule has 2 aromatic rings. The Hall–Kier alpha value is -3.29. The second-order valence-electron chi connectivity index (χ2n) is 9.65. The summed E-state index contributed by atoms with van der Waals surface area (Å²) in [6, 6.07) is 4.47. The molecule has 1 aromatic heterocycles.